The van der Waals surface area contributed by atoms with Gasteiger partial charge < -0.3 is 9.88 Å². The van der Waals surface area contributed by atoms with E-state index in [4.69, 9.17) is 0 Å². The highest BCUT2D eigenvalue weighted by Gasteiger charge is 2.12. The van der Waals surface area contributed by atoms with Gasteiger partial charge in [0, 0.05) is 31.0 Å². The normalized spacial score (nSPS) is 19.3. The third-order valence-electron chi connectivity index (χ3n) is 4.50. The summed E-state index contributed by atoms with van der Waals surface area (Å²) in [6.45, 7) is 6.65. The summed E-state index contributed by atoms with van der Waals surface area (Å²) >= 11 is 0. The highest BCUT2D eigenvalue weighted by atomic mass is 15.1. The molecule has 1 aromatic rings. The van der Waals surface area contributed by atoms with Gasteiger partial charge in [0.25, 0.3) is 0 Å². The molecule has 1 aromatic heterocycles. The zero-order chi connectivity index (χ0) is 13.5. The number of nitrogens with one attached hydrogen (secondary N) is 1. The molecular weight excluding hydrogens is 234 g/mol. The predicted molar refractivity (Wildman–Crippen MR) is 80.4 cm³/mol. The largest absolute Gasteiger partial charge is 0.333 e. The van der Waals surface area contributed by atoms with Crippen molar-refractivity contribution in [2.75, 3.05) is 6.54 Å². The molecule has 1 fully saturated rings. The average Bonchev–Trinajstić information content (AvgIpc) is 2.73. The number of hydrogen-bond acceptors (Lipinski definition) is 2. The minimum Gasteiger partial charge on any atom is -0.333 e. The van der Waals surface area contributed by atoms with Gasteiger partial charge in [-0.3, -0.25) is 0 Å². The SMILES string of the molecule is CCC(C)c1cncn1CCNC1CCCCCC1. The lowest BCUT2D eigenvalue weighted by atomic mass is 10.1. The third-order valence-corrected chi connectivity index (χ3v) is 4.50. The highest BCUT2D eigenvalue weighted by molar-refractivity contribution is 5.04. The topological polar surface area (TPSA) is 29.9 Å². The number of rotatable bonds is 6. The van der Waals surface area contributed by atoms with Crippen molar-refractivity contribution >= 4 is 0 Å². The molecule has 3 heteroatoms. The van der Waals surface area contributed by atoms with E-state index in [1.54, 1.807) is 0 Å². The molecule has 0 spiro atoms. The first-order valence-electron chi connectivity index (χ1n) is 8.04. The molecule has 1 unspecified atom stereocenters. The van der Waals surface area contributed by atoms with Gasteiger partial charge in [0.1, 0.15) is 0 Å². The first kappa shape index (κ1) is 14.6. The van der Waals surface area contributed by atoms with Crippen LogP contribution in [0.4, 0.5) is 0 Å². The smallest absolute Gasteiger partial charge is 0.0948 e. The summed E-state index contributed by atoms with van der Waals surface area (Å²) in [7, 11) is 0. The predicted octanol–water partition coefficient (Wildman–Crippen LogP) is 3.71. The Hall–Kier alpha value is -0.830. The summed E-state index contributed by atoms with van der Waals surface area (Å²) in [5.74, 6) is 0.611. The Bertz CT molecular complexity index is 351. The van der Waals surface area contributed by atoms with Crippen LogP contribution in [0.3, 0.4) is 0 Å². The molecule has 3 nitrogen and oxygen atoms in total. The van der Waals surface area contributed by atoms with Crippen molar-refractivity contribution in [3.05, 3.63) is 18.2 Å². The fourth-order valence-electron chi connectivity index (χ4n) is 3.01. The van der Waals surface area contributed by atoms with Crippen LogP contribution in [0.5, 0.6) is 0 Å². The van der Waals surface area contributed by atoms with Crippen LogP contribution in [0.15, 0.2) is 12.5 Å². The summed E-state index contributed by atoms with van der Waals surface area (Å²) in [6.07, 6.45) is 13.6. The van der Waals surface area contributed by atoms with E-state index in [0.29, 0.717) is 5.92 Å². The van der Waals surface area contributed by atoms with E-state index in [1.165, 1.54) is 50.6 Å². The molecule has 1 aliphatic carbocycles. The number of nitrogens with zero attached hydrogens (tertiary/aromatic N) is 2. The molecule has 0 aromatic carbocycles. The molecule has 0 aliphatic heterocycles. The minimum atomic E-state index is 0.611. The Morgan fingerprint density at radius 1 is 1.32 bits per heavy atom. The molecule has 1 saturated carbocycles. The van der Waals surface area contributed by atoms with Crippen molar-refractivity contribution in [2.45, 2.75) is 77.3 Å². The molecule has 2 rings (SSSR count). The molecule has 108 valence electrons. The van der Waals surface area contributed by atoms with Gasteiger partial charge in [-0.05, 0) is 25.2 Å². The summed E-state index contributed by atoms with van der Waals surface area (Å²) in [5.41, 5.74) is 1.38. The molecule has 0 radical (unpaired) electrons. The lowest BCUT2D eigenvalue weighted by Crippen LogP contribution is -2.31. The van der Waals surface area contributed by atoms with E-state index in [0.717, 1.165) is 19.1 Å². The Balaban J connectivity index is 1.77. The van der Waals surface area contributed by atoms with Crippen molar-refractivity contribution in [3.63, 3.8) is 0 Å². The second-order valence-corrected chi connectivity index (χ2v) is 5.96. The monoisotopic (exact) mass is 263 g/mol. The van der Waals surface area contributed by atoms with Crippen molar-refractivity contribution in [3.8, 4) is 0 Å². The fraction of sp³-hybridized carbons (Fsp3) is 0.812. The van der Waals surface area contributed by atoms with Crippen molar-refractivity contribution in [1.29, 1.82) is 0 Å². The van der Waals surface area contributed by atoms with Crippen LogP contribution in [0.25, 0.3) is 0 Å². The van der Waals surface area contributed by atoms with E-state index in [-0.39, 0.29) is 0 Å². The van der Waals surface area contributed by atoms with Crippen LogP contribution in [-0.2, 0) is 6.54 Å². The van der Waals surface area contributed by atoms with Gasteiger partial charge in [0.05, 0.1) is 6.33 Å². The molecule has 0 amide bonds. The first-order chi connectivity index (χ1) is 9.31. The molecule has 1 atom stereocenters. The van der Waals surface area contributed by atoms with Crippen LogP contribution in [0.1, 0.15) is 70.4 Å². The Morgan fingerprint density at radius 3 is 2.74 bits per heavy atom. The summed E-state index contributed by atoms with van der Waals surface area (Å²) in [4.78, 5) is 4.31. The average molecular weight is 263 g/mol. The molecule has 0 saturated heterocycles. The van der Waals surface area contributed by atoms with E-state index in [9.17, 15) is 0 Å². The Kier molecular flexibility index (Phi) is 5.90. The molecule has 1 heterocycles. The molecule has 19 heavy (non-hydrogen) atoms. The number of imidazole rings is 1. The molecule has 1 aliphatic rings. The summed E-state index contributed by atoms with van der Waals surface area (Å²) < 4.78 is 2.32. The van der Waals surface area contributed by atoms with Gasteiger partial charge in [0.2, 0.25) is 0 Å². The molecule has 0 bridgehead atoms. The van der Waals surface area contributed by atoms with E-state index in [1.807, 2.05) is 12.5 Å². The zero-order valence-electron chi connectivity index (χ0n) is 12.6. The summed E-state index contributed by atoms with van der Waals surface area (Å²) in [6, 6.07) is 0.748. The lowest BCUT2D eigenvalue weighted by Gasteiger charge is -2.18. The van der Waals surface area contributed by atoms with Gasteiger partial charge in [-0.15, -0.1) is 0 Å². The molecular formula is C16H29N3. The quantitative estimate of drug-likeness (QED) is 0.793. The van der Waals surface area contributed by atoms with Gasteiger partial charge in [0.15, 0.2) is 0 Å². The van der Waals surface area contributed by atoms with E-state index < -0.39 is 0 Å². The van der Waals surface area contributed by atoms with Crippen LogP contribution in [-0.4, -0.2) is 22.1 Å². The first-order valence-corrected chi connectivity index (χ1v) is 8.04. The standard InChI is InChI=1S/C16H29N3/c1-3-14(2)16-12-17-13-19(16)11-10-18-15-8-6-4-5-7-9-15/h12-15,18H,3-11H2,1-2H3. The summed E-state index contributed by atoms with van der Waals surface area (Å²) in [5, 5.41) is 3.74. The van der Waals surface area contributed by atoms with Crippen LogP contribution in [0, 0.1) is 0 Å². The zero-order valence-corrected chi connectivity index (χ0v) is 12.6. The maximum absolute atomic E-state index is 4.31. The van der Waals surface area contributed by atoms with E-state index >= 15 is 0 Å². The number of aromatic nitrogens is 2. The van der Waals surface area contributed by atoms with Crippen molar-refractivity contribution in [1.82, 2.24) is 14.9 Å². The van der Waals surface area contributed by atoms with Crippen molar-refractivity contribution < 1.29 is 0 Å². The Labute approximate surface area is 117 Å². The molecule has 1 N–H and O–H groups in total. The second kappa shape index (κ2) is 7.68. The van der Waals surface area contributed by atoms with Crippen molar-refractivity contribution in [2.24, 2.45) is 0 Å². The minimum absolute atomic E-state index is 0.611. The van der Waals surface area contributed by atoms with E-state index in [2.05, 4.69) is 28.7 Å². The third kappa shape index (κ3) is 4.34. The second-order valence-electron chi connectivity index (χ2n) is 5.96. The maximum atomic E-state index is 4.31. The van der Waals surface area contributed by atoms with Crippen LogP contribution in [0.2, 0.25) is 0 Å². The van der Waals surface area contributed by atoms with Gasteiger partial charge in [-0.25, -0.2) is 4.98 Å². The lowest BCUT2D eigenvalue weighted by molar-refractivity contribution is 0.440. The van der Waals surface area contributed by atoms with Crippen LogP contribution < -0.4 is 5.32 Å². The van der Waals surface area contributed by atoms with Gasteiger partial charge in [-0.2, -0.15) is 0 Å². The number of hydrogen-bond donors (Lipinski definition) is 1. The van der Waals surface area contributed by atoms with Gasteiger partial charge in [-0.1, -0.05) is 39.5 Å². The fourth-order valence-corrected chi connectivity index (χ4v) is 3.01. The highest BCUT2D eigenvalue weighted by Crippen LogP contribution is 2.18. The Morgan fingerprint density at radius 2 is 2.05 bits per heavy atom. The maximum Gasteiger partial charge on any atom is 0.0948 e. The van der Waals surface area contributed by atoms with Crippen LogP contribution >= 0.6 is 0 Å². The van der Waals surface area contributed by atoms with Gasteiger partial charge >= 0.3 is 0 Å².